The molecule has 1 aromatic carbocycles. The summed E-state index contributed by atoms with van der Waals surface area (Å²) in [5.41, 5.74) is 1.22. The number of guanidine groups is 1. The fourth-order valence-electron chi connectivity index (χ4n) is 2.65. The molecule has 6 heteroatoms. The number of aliphatic imine (C=N–C) groups is 1. The van der Waals surface area contributed by atoms with Crippen LogP contribution >= 0.6 is 11.3 Å². The Bertz CT molecular complexity index is 685. The average Bonchev–Trinajstić information content (AvgIpc) is 3.18. The molecule has 2 rings (SSSR count). The maximum atomic E-state index is 12.0. The minimum absolute atomic E-state index is 0.0604. The van der Waals surface area contributed by atoms with Gasteiger partial charge in [-0.25, -0.2) is 4.99 Å². The maximum Gasteiger partial charge on any atom is 0.241 e. The first kappa shape index (κ1) is 21.0. The minimum Gasteiger partial charge on any atom is -0.357 e. The molecular formula is C21H30N4OS. The van der Waals surface area contributed by atoms with E-state index in [1.165, 1.54) is 10.4 Å². The van der Waals surface area contributed by atoms with Crippen molar-refractivity contribution in [3.8, 4) is 0 Å². The summed E-state index contributed by atoms with van der Waals surface area (Å²) < 4.78 is 0. The molecule has 1 heterocycles. The minimum atomic E-state index is -0.0604. The monoisotopic (exact) mass is 386 g/mol. The lowest BCUT2D eigenvalue weighted by Gasteiger charge is -2.15. The highest BCUT2D eigenvalue weighted by Crippen LogP contribution is 2.13. The normalized spacial score (nSPS) is 12.4. The van der Waals surface area contributed by atoms with Gasteiger partial charge >= 0.3 is 0 Å². The molecule has 0 bridgehead atoms. The van der Waals surface area contributed by atoms with Gasteiger partial charge < -0.3 is 16.0 Å². The number of hydrogen-bond donors (Lipinski definition) is 3. The van der Waals surface area contributed by atoms with Crippen LogP contribution in [-0.4, -0.2) is 38.0 Å². The maximum absolute atomic E-state index is 12.0. The molecule has 1 atom stereocenters. The number of nitrogens with one attached hydrogen (secondary N) is 3. The lowest BCUT2D eigenvalue weighted by Crippen LogP contribution is -2.40. The molecule has 0 spiro atoms. The molecule has 1 amide bonds. The highest BCUT2D eigenvalue weighted by atomic mass is 32.1. The van der Waals surface area contributed by atoms with Gasteiger partial charge in [-0.15, -0.1) is 11.3 Å². The van der Waals surface area contributed by atoms with Gasteiger partial charge in [0, 0.05) is 24.5 Å². The smallest absolute Gasteiger partial charge is 0.241 e. The van der Waals surface area contributed by atoms with Crippen LogP contribution in [0.1, 0.15) is 24.3 Å². The first-order chi connectivity index (χ1) is 13.2. The number of rotatable bonds is 10. The van der Waals surface area contributed by atoms with E-state index in [2.05, 4.69) is 57.5 Å². The number of benzene rings is 1. The van der Waals surface area contributed by atoms with E-state index in [1.54, 1.807) is 11.3 Å². The van der Waals surface area contributed by atoms with E-state index < -0.39 is 0 Å². The Kier molecular flexibility index (Phi) is 9.41. The van der Waals surface area contributed by atoms with E-state index in [0.717, 1.165) is 25.9 Å². The third-order valence-electron chi connectivity index (χ3n) is 4.05. The van der Waals surface area contributed by atoms with Gasteiger partial charge in [0.05, 0.1) is 0 Å². The van der Waals surface area contributed by atoms with Crippen LogP contribution in [0.2, 0.25) is 0 Å². The summed E-state index contributed by atoms with van der Waals surface area (Å²) in [6.07, 6.45) is 1.87. The van der Waals surface area contributed by atoms with Crippen LogP contribution in [0.3, 0.4) is 0 Å². The molecule has 2 aromatic rings. The molecule has 0 aliphatic heterocycles. The van der Waals surface area contributed by atoms with Gasteiger partial charge in [-0.1, -0.05) is 43.3 Å². The van der Waals surface area contributed by atoms with Gasteiger partial charge in [-0.3, -0.25) is 4.79 Å². The Morgan fingerprint density at radius 2 is 1.93 bits per heavy atom. The zero-order valence-electron chi connectivity index (χ0n) is 16.2. The fourth-order valence-corrected chi connectivity index (χ4v) is 3.52. The largest absolute Gasteiger partial charge is 0.357 e. The van der Waals surface area contributed by atoms with E-state index in [-0.39, 0.29) is 12.5 Å². The Hall–Kier alpha value is -2.34. The molecule has 3 N–H and O–H groups in total. The van der Waals surface area contributed by atoms with Crippen molar-refractivity contribution < 1.29 is 4.79 Å². The Morgan fingerprint density at radius 1 is 1.11 bits per heavy atom. The van der Waals surface area contributed by atoms with Gasteiger partial charge in [0.2, 0.25) is 5.91 Å². The van der Waals surface area contributed by atoms with Crippen LogP contribution in [0.15, 0.2) is 52.8 Å². The van der Waals surface area contributed by atoms with Crippen molar-refractivity contribution in [2.45, 2.75) is 26.7 Å². The van der Waals surface area contributed by atoms with Crippen LogP contribution in [0.4, 0.5) is 0 Å². The highest BCUT2D eigenvalue weighted by molar-refractivity contribution is 7.09. The number of hydrogen-bond acceptors (Lipinski definition) is 3. The summed E-state index contributed by atoms with van der Waals surface area (Å²) in [5.74, 6) is 1.12. The van der Waals surface area contributed by atoms with Crippen LogP contribution in [0.5, 0.6) is 0 Å². The Morgan fingerprint density at radius 3 is 2.63 bits per heavy atom. The van der Waals surface area contributed by atoms with Gasteiger partial charge in [0.1, 0.15) is 6.54 Å². The van der Waals surface area contributed by atoms with Crippen LogP contribution in [0, 0.1) is 5.92 Å². The molecule has 0 radical (unpaired) electrons. The molecular weight excluding hydrogens is 356 g/mol. The summed E-state index contributed by atoms with van der Waals surface area (Å²) in [6, 6.07) is 14.4. The average molecular weight is 387 g/mol. The van der Waals surface area contributed by atoms with Gasteiger partial charge in [0.15, 0.2) is 5.96 Å². The van der Waals surface area contributed by atoms with Crippen molar-refractivity contribution in [3.05, 3.63) is 58.3 Å². The molecule has 1 aromatic heterocycles. The third-order valence-corrected chi connectivity index (χ3v) is 4.95. The van der Waals surface area contributed by atoms with Crippen molar-refractivity contribution in [2.75, 3.05) is 26.2 Å². The molecule has 5 nitrogen and oxygen atoms in total. The predicted molar refractivity (Wildman–Crippen MR) is 114 cm³/mol. The molecule has 0 fully saturated rings. The summed E-state index contributed by atoms with van der Waals surface area (Å²) in [6.45, 7) is 6.57. The summed E-state index contributed by atoms with van der Waals surface area (Å²) in [7, 11) is 0. The van der Waals surface area contributed by atoms with E-state index >= 15 is 0 Å². The first-order valence-electron chi connectivity index (χ1n) is 9.52. The van der Waals surface area contributed by atoms with Gasteiger partial charge in [0.25, 0.3) is 0 Å². The van der Waals surface area contributed by atoms with E-state index in [0.29, 0.717) is 18.4 Å². The molecule has 27 heavy (non-hydrogen) atoms. The van der Waals surface area contributed by atoms with Gasteiger partial charge in [-0.2, -0.15) is 0 Å². The number of nitrogens with zero attached hydrogens (tertiary/aromatic N) is 1. The number of thiophene rings is 1. The quantitative estimate of drug-likeness (QED) is 0.435. The fraction of sp³-hybridized carbons (Fsp3) is 0.429. The molecule has 0 saturated heterocycles. The molecule has 0 aliphatic rings. The number of amides is 1. The first-order valence-corrected chi connectivity index (χ1v) is 10.4. The molecule has 1 unspecified atom stereocenters. The molecule has 146 valence electrons. The van der Waals surface area contributed by atoms with Gasteiger partial charge in [-0.05, 0) is 42.7 Å². The second-order valence-electron chi connectivity index (χ2n) is 6.55. The zero-order chi connectivity index (χ0) is 19.3. The predicted octanol–water partition coefficient (Wildman–Crippen LogP) is 2.84. The number of carbonyl (C=O) groups excluding carboxylic acids is 1. The van der Waals surface area contributed by atoms with E-state index in [4.69, 9.17) is 0 Å². The van der Waals surface area contributed by atoms with Crippen molar-refractivity contribution in [1.29, 1.82) is 0 Å². The van der Waals surface area contributed by atoms with E-state index in [1.807, 2.05) is 25.1 Å². The Labute approximate surface area is 166 Å². The summed E-state index contributed by atoms with van der Waals surface area (Å²) in [5, 5.41) is 11.6. The SMILES string of the molecule is CCNC(=NCC(=O)NCCc1ccccc1)NCC(C)Cc1cccs1. The topological polar surface area (TPSA) is 65.5 Å². The molecule has 0 aliphatic carbocycles. The summed E-state index contributed by atoms with van der Waals surface area (Å²) >= 11 is 1.79. The lowest BCUT2D eigenvalue weighted by atomic mass is 10.1. The van der Waals surface area contributed by atoms with Crippen molar-refractivity contribution in [2.24, 2.45) is 10.9 Å². The standard InChI is InChI=1S/C21H30N4OS/c1-3-22-21(24-15-17(2)14-19-10-7-13-27-19)25-16-20(26)23-12-11-18-8-5-4-6-9-18/h4-10,13,17H,3,11-12,14-16H2,1-2H3,(H,23,26)(H2,22,24,25). The van der Waals surface area contributed by atoms with Crippen LogP contribution in [-0.2, 0) is 17.6 Å². The summed E-state index contributed by atoms with van der Waals surface area (Å²) in [4.78, 5) is 17.8. The Balaban J connectivity index is 1.70. The zero-order valence-corrected chi connectivity index (χ0v) is 17.0. The second-order valence-corrected chi connectivity index (χ2v) is 7.58. The van der Waals surface area contributed by atoms with E-state index in [9.17, 15) is 4.79 Å². The number of carbonyl (C=O) groups is 1. The van der Waals surface area contributed by atoms with Crippen LogP contribution < -0.4 is 16.0 Å². The van der Waals surface area contributed by atoms with Crippen molar-refractivity contribution in [1.82, 2.24) is 16.0 Å². The van der Waals surface area contributed by atoms with Crippen molar-refractivity contribution in [3.63, 3.8) is 0 Å². The second kappa shape index (κ2) is 12.1. The third kappa shape index (κ3) is 8.73. The highest BCUT2D eigenvalue weighted by Gasteiger charge is 2.07. The lowest BCUT2D eigenvalue weighted by molar-refractivity contribution is -0.119. The molecule has 0 saturated carbocycles. The van der Waals surface area contributed by atoms with Crippen LogP contribution in [0.25, 0.3) is 0 Å². The van der Waals surface area contributed by atoms with Crippen molar-refractivity contribution >= 4 is 23.2 Å².